The van der Waals surface area contributed by atoms with Gasteiger partial charge in [-0.05, 0) is 29.3 Å². The van der Waals surface area contributed by atoms with Crippen molar-refractivity contribution in [2.75, 3.05) is 26.3 Å². The molecule has 0 N–H and O–H groups in total. The van der Waals surface area contributed by atoms with E-state index >= 15 is 0 Å². The van der Waals surface area contributed by atoms with Crippen molar-refractivity contribution in [2.24, 2.45) is 7.05 Å². The molecule has 1 spiro atoms. The van der Waals surface area contributed by atoms with Crippen LogP contribution in [-0.4, -0.2) is 47.5 Å². The van der Waals surface area contributed by atoms with Crippen molar-refractivity contribution in [3.8, 4) is 0 Å². The minimum absolute atomic E-state index is 0.0787. The minimum atomic E-state index is -0.506. The second-order valence-electron chi connectivity index (χ2n) is 8.51. The number of para-hydroxylation sites is 1. The lowest BCUT2D eigenvalue weighted by Gasteiger charge is -2.38. The number of nitrogens with zero attached hydrogens (tertiary/aromatic N) is 2. The quantitative estimate of drug-likeness (QED) is 0.633. The van der Waals surface area contributed by atoms with Crippen LogP contribution in [0.25, 0.3) is 10.9 Å². The molecule has 2 fully saturated rings. The lowest BCUT2D eigenvalue weighted by molar-refractivity contribution is -0.187. The molecule has 3 aromatic rings. The summed E-state index contributed by atoms with van der Waals surface area (Å²) in [6.45, 7) is 2.47. The lowest BCUT2D eigenvalue weighted by atomic mass is 9.87. The van der Waals surface area contributed by atoms with Crippen LogP contribution in [-0.2, 0) is 21.3 Å². The van der Waals surface area contributed by atoms with Crippen LogP contribution in [0, 0.1) is 5.82 Å². The summed E-state index contributed by atoms with van der Waals surface area (Å²) in [4.78, 5) is 15.2. The van der Waals surface area contributed by atoms with Crippen molar-refractivity contribution in [1.29, 1.82) is 0 Å². The number of carbonyl (C=O) groups excluding carboxylic acids is 1. The molecule has 0 radical (unpaired) electrons. The molecule has 0 aliphatic carbocycles. The van der Waals surface area contributed by atoms with E-state index in [1.807, 2.05) is 30.1 Å². The first kappa shape index (κ1) is 20.2. The highest BCUT2D eigenvalue weighted by Gasteiger charge is 2.41. The number of benzene rings is 2. The van der Waals surface area contributed by atoms with Gasteiger partial charge in [-0.15, -0.1) is 0 Å². The number of piperidine rings is 1. The molecule has 1 atom stereocenters. The SMILES string of the molecule is Cn1cc([C@@H](CC(=O)N2CCC3(CC2)OCCO3)c2cccc(F)c2)c2ccccc21. The number of likely N-dealkylation sites (tertiary alicyclic amines) is 1. The number of fused-ring (bicyclic) bond motifs is 1. The van der Waals surface area contributed by atoms with Crippen LogP contribution in [0.4, 0.5) is 4.39 Å². The summed E-state index contributed by atoms with van der Waals surface area (Å²) in [5.41, 5.74) is 2.97. The second kappa shape index (κ2) is 8.09. The van der Waals surface area contributed by atoms with Gasteiger partial charge >= 0.3 is 0 Å². The number of rotatable bonds is 4. The van der Waals surface area contributed by atoms with Gasteiger partial charge in [-0.1, -0.05) is 30.3 Å². The summed E-state index contributed by atoms with van der Waals surface area (Å²) in [5.74, 6) is -0.932. The van der Waals surface area contributed by atoms with Gasteiger partial charge < -0.3 is 18.9 Å². The van der Waals surface area contributed by atoms with Crippen molar-refractivity contribution in [3.63, 3.8) is 0 Å². The van der Waals surface area contributed by atoms with Crippen molar-refractivity contribution in [3.05, 3.63) is 71.7 Å². The van der Waals surface area contributed by atoms with E-state index < -0.39 is 5.79 Å². The zero-order valence-electron chi connectivity index (χ0n) is 17.7. The molecule has 5 rings (SSSR count). The highest BCUT2D eigenvalue weighted by Crippen LogP contribution is 2.36. The van der Waals surface area contributed by atoms with Gasteiger partial charge in [0.1, 0.15) is 5.82 Å². The van der Waals surface area contributed by atoms with Gasteiger partial charge in [0.15, 0.2) is 5.79 Å². The average Bonchev–Trinajstić information content (AvgIpc) is 3.37. The smallest absolute Gasteiger partial charge is 0.223 e. The lowest BCUT2D eigenvalue weighted by Crippen LogP contribution is -2.47. The molecule has 5 nitrogen and oxygen atoms in total. The summed E-state index contributed by atoms with van der Waals surface area (Å²) >= 11 is 0. The van der Waals surface area contributed by atoms with Crippen LogP contribution in [0.5, 0.6) is 0 Å². The largest absolute Gasteiger partial charge is 0.350 e. The number of carbonyl (C=O) groups is 1. The fraction of sp³-hybridized carbons (Fsp3) is 0.400. The number of hydrogen-bond donors (Lipinski definition) is 0. The molecule has 31 heavy (non-hydrogen) atoms. The van der Waals surface area contributed by atoms with E-state index in [0.29, 0.717) is 45.6 Å². The summed E-state index contributed by atoms with van der Waals surface area (Å²) in [6.07, 6.45) is 3.75. The third-order valence-electron chi connectivity index (χ3n) is 6.62. The first-order valence-corrected chi connectivity index (χ1v) is 10.9. The second-order valence-corrected chi connectivity index (χ2v) is 8.51. The number of aryl methyl sites for hydroxylation is 1. The van der Waals surface area contributed by atoms with E-state index in [-0.39, 0.29) is 17.6 Å². The predicted octanol–water partition coefficient (Wildman–Crippen LogP) is 4.20. The Labute approximate surface area is 181 Å². The molecule has 2 aromatic carbocycles. The number of ether oxygens (including phenoxy) is 2. The van der Waals surface area contributed by atoms with Gasteiger partial charge in [0.05, 0.1) is 13.2 Å². The first-order chi connectivity index (χ1) is 15.0. The Balaban J connectivity index is 1.43. The third-order valence-corrected chi connectivity index (χ3v) is 6.62. The number of aromatic nitrogens is 1. The fourth-order valence-electron chi connectivity index (χ4n) is 4.97. The molecule has 2 saturated heterocycles. The topological polar surface area (TPSA) is 43.7 Å². The van der Waals surface area contributed by atoms with E-state index in [0.717, 1.165) is 22.0 Å². The Hall–Kier alpha value is -2.70. The van der Waals surface area contributed by atoms with Crippen LogP contribution < -0.4 is 0 Å². The van der Waals surface area contributed by atoms with E-state index in [1.165, 1.54) is 6.07 Å². The summed E-state index contributed by atoms with van der Waals surface area (Å²) in [5, 5.41) is 1.09. The number of hydrogen-bond acceptors (Lipinski definition) is 3. The van der Waals surface area contributed by atoms with Crippen LogP contribution in [0.2, 0.25) is 0 Å². The highest BCUT2D eigenvalue weighted by atomic mass is 19.1. The van der Waals surface area contributed by atoms with Crippen LogP contribution in [0.3, 0.4) is 0 Å². The molecule has 0 saturated carbocycles. The Kier molecular flexibility index (Phi) is 5.28. The maximum absolute atomic E-state index is 14.1. The molecule has 1 amide bonds. The Morgan fingerprint density at radius 1 is 1.10 bits per heavy atom. The van der Waals surface area contributed by atoms with Gasteiger partial charge in [0.25, 0.3) is 0 Å². The first-order valence-electron chi connectivity index (χ1n) is 10.9. The zero-order chi connectivity index (χ0) is 21.4. The zero-order valence-corrected chi connectivity index (χ0v) is 17.7. The van der Waals surface area contributed by atoms with Gasteiger partial charge in [-0.2, -0.15) is 0 Å². The molecule has 0 unspecified atom stereocenters. The molecule has 2 aliphatic rings. The highest BCUT2D eigenvalue weighted by molar-refractivity contribution is 5.86. The van der Waals surface area contributed by atoms with E-state index in [9.17, 15) is 9.18 Å². The Bertz CT molecular complexity index is 1090. The third kappa shape index (κ3) is 3.86. The van der Waals surface area contributed by atoms with Gasteiger partial charge in [0, 0.05) is 62.4 Å². The normalized spacial score (nSPS) is 19.2. The molecule has 1 aromatic heterocycles. The fourth-order valence-corrected chi connectivity index (χ4v) is 4.97. The molecule has 3 heterocycles. The minimum Gasteiger partial charge on any atom is -0.350 e. The summed E-state index contributed by atoms with van der Waals surface area (Å²) in [7, 11) is 2.00. The van der Waals surface area contributed by atoms with Crippen molar-refractivity contribution >= 4 is 16.8 Å². The predicted molar refractivity (Wildman–Crippen MR) is 116 cm³/mol. The molecule has 2 aliphatic heterocycles. The van der Waals surface area contributed by atoms with E-state index in [1.54, 1.807) is 12.1 Å². The van der Waals surface area contributed by atoms with E-state index in [2.05, 4.69) is 22.9 Å². The van der Waals surface area contributed by atoms with Crippen molar-refractivity contribution in [2.45, 2.75) is 31.0 Å². The molecular formula is C25H27FN2O3. The monoisotopic (exact) mass is 422 g/mol. The molecule has 6 heteroatoms. The Morgan fingerprint density at radius 2 is 1.84 bits per heavy atom. The Morgan fingerprint density at radius 3 is 2.58 bits per heavy atom. The van der Waals surface area contributed by atoms with E-state index in [4.69, 9.17) is 9.47 Å². The van der Waals surface area contributed by atoms with Crippen LogP contribution in [0.15, 0.2) is 54.7 Å². The van der Waals surface area contributed by atoms with Gasteiger partial charge in [0.2, 0.25) is 5.91 Å². The van der Waals surface area contributed by atoms with Gasteiger partial charge in [-0.3, -0.25) is 4.79 Å². The van der Waals surface area contributed by atoms with Crippen molar-refractivity contribution < 1.29 is 18.7 Å². The van der Waals surface area contributed by atoms with Gasteiger partial charge in [-0.25, -0.2) is 4.39 Å². The molecule has 0 bridgehead atoms. The maximum atomic E-state index is 14.1. The standard InChI is InChI=1S/C25H27FN2O3/c1-27-17-22(20-7-2-3-8-23(20)27)21(18-5-4-6-19(26)15-18)16-24(29)28-11-9-25(10-12-28)30-13-14-31-25/h2-8,15,17,21H,9-14,16H2,1H3/t21-/m0/s1. The van der Waals surface area contributed by atoms with Crippen molar-refractivity contribution in [1.82, 2.24) is 9.47 Å². The summed E-state index contributed by atoms with van der Waals surface area (Å²) < 4.78 is 27.7. The number of amides is 1. The number of halogens is 1. The van der Waals surface area contributed by atoms with Crippen LogP contribution in [0.1, 0.15) is 36.3 Å². The van der Waals surface area contributed by atoms with Crippen LogP contribution >= 0.6 is 0 Å². The molecular weight excluding hydrogens is 395 g/mol. The average molecular weight is 422 g/mol. The maximum Gasteiger partial charge on any atom is 0.223 e. The molecule has 162 valence electrons. The summed E-state index contributed by atoms with van der Waals surface area (Å²) in [6, 6.07) is 14.8.